The van der Waals surface area contributed by atoms with E-state index in [1.54, 1.807) is 4.90 Å². The molecule has 1 atom stereocenters. The molecule has 0 unspecified atom stereocenters. The van der Waals surface area contributed by atoms with Crippen LogP contribution in [0.4, 0.5) is 4.79 Å². The first-order chi connectivity index (χ1) is 7.59. The van der Waals surface area contributed by atoms with Crippen LogP contribution < -0.4 is 0 Å². The summed E-state index contributed by atoms with van der Waals surface area (Å²) < 4.78 is 5.08. The fraction of sp³-hybridized carbons (Fsp3) is 0.417. The minimum absolute atomic E-state index is 0.00441. The van der Waals surface area contributed by atoms with Crippen molar-refractivity contribution in [2.24, 2.45) is 0 Å². The minimum atomic E-state index is -0.241. The van der Waals surface area contributed by atoms with Crippen molar-refractivity contribution in [1.82, 2.24) is 4.90 Å². The van der Waals surface area contributed by atoms with Crippen LogP contribution in [0.15, 0.2) is 24.3 Å². The van der Waals surface area contributed by atoms with E-state index in [4.69, 9.17) is 16.3 Å². The Bertz CT molecular complexity index is 389. The van der Waals surface area contributed by atoms with Crippen molar-refractivity contribution in [1.29, 1.82) is 0 Å². The quantitative estimate of drug-likeness (QED) is 0.793. The summed E-state index contributed by atoms with van der Waals surface area (Å²) in [6.45, 7) is 4.38. The SMILES string of the molecule is CC(C)N1C(=O)OC[C@H]1c1ccc(Cl)cc1. The highest BCUT2D eigenvalue weighted by Crippen LogP contribution is 2.30. The molecule has 1 aliphatic rings. The highest BCUT2D eigenvalue weighted by molar-refractivity contribution is 6.30. The molecule has 1 heterocycles. The van der Waals surface area contributed by atoms with Crippen LogP contribution in [0.25, 0.3) is 0 Å². The fourth-order valence-electron chi connectivity index (χ4n) is 1.94. The van der Waals surface area contributed by atoms with E-state index in [-0.39, 0.29) is 18.2 Å². The van der Waals surface area contributed by atoms with Gasteiger partial charge in [-0.15, -0.1) is 0 Å². The van der Waals surface area contributed by atoms with Crippen molar-refractivity contribution in [3.8, 4) is 0 Å². The molecule has 3 nitrogen and oxygen atoms in total. The molecule has 4 heteroatoms. The number of hydrogen-bond acceptors (Lipinski definition) is 2. The Hall–Kier alpha value is -1.22. The van der Waals surface area contributed by atoms with Gasteiger partial charge in [0.2, 0.25) is 0 Å². The largest absolute Gasteiger partial charge is 0.447 e. The van der Waals surface area contributed by atoms with Gasteiger partial charge in [0.25, 0.3) is 0 Å². The van der Waals surface area contributed by atoms with Gasteiger partial charge in [-0.1, -0.05) is 23.7 Å². The van der Waals surface area contributed by atoms with Gasteiger partial charge in [0, 0.05) is 11.1 Å². The second-order valence-electron chi connectivity index (χ2n) is 4.15. The number of ether oxygens (including phenoxy) is 1. The lowest BCUT2D eigenvalue weighted by molar-refractivity contribution is 0.149. The molecule has 2 rings (SSSR count). The Morgan fingerprint density at radius 2 is 2.00 bits per heavy atom. The van der Waals surface area contributed by atoms with Crippen LogP contribution in [0.2, 0.25) is 5.02 Å². The summed E-state index contributed by atoms with van der Waals surface area (Å²) in [5, 5.41) is 0.699. The van der Waals surface area contributed by atoms with E-state index in [1.165, 1.54) is 0 Å². The van der Waals surface area contributed by atoms with Crippen LogP contribution in [-0.2, 0) is 4.74 Å². The first-order valence-electron chi connectivity index (χ1n) is 5.30. The summed E-state index contributed by atoms with van der Waals surface area (Å²) in [6.07, 6.45) is -0.241. The maximum absolute atomic E-state index is 11.5. The Morgan fingerprint density at radius 3 is 2.56 bits per heavy atom. The zero-order chi connectivity index (χ0) is 11.7. The van der Waals surface area contributed by atoms with E-state index < -0.39 is 0 Å². The lowest BCUT2D eigenvalue weighted by Gasteiger charge is -2.25. The summed E-state index contributed by atoms with van der Waals surface area (Å²) >= 11 is 5.83. The van der Waals surface area contributed by atoms with Crippen LogP contribution in [0.5, 0.6) is 0 Å². The summed E-state index contributed by atoms with van der Waals surface area (Å²) in [7, 11) is 0. The second-order valence-corrected chi connectivity index (χ2v) is 4.58. The Balaban J connectivity index is 2.26. The molecule has 0 bridgehead atoms. The number of rotatable bonds is 2. The van der Waals surface area contributed by atoms with Gasteiger partial charge >= 0.3 is 6.09 Å². The lowest BCUT2D eigenvalue weighted by atomic mass is 10.1. The summed E-state index contributed by atoms with van der Waals surface area (Å²) in [5.41, 5.74) is 1.06. The minimum Gasteiger partial charge on any atom is -0.447 e. The molecule has 0 saturated carbocycles. The van der Waals surface area contributed by atoms with E-state index in [2.05, 4.69) is 0 Å². The topological polar surface area (TPSA) is 29.5 Å². The standard InChI is InChI=1S/C12H14ClNO2/c1-8(2)14-11(7-16-12(14)15)9-3-5-10(13)6-4-9/h3-6,8,11H,7H2,1-2H3/t11-/m0/s1. The number of benzene rings is 1. The molecule has 16 heavy (non-hydrogen) atoms. The van der Waals surface area contributed by atoms with Crippen LogP contribution in [0, 0.1) is 0 Å². The van der Waals surface area contributed by atoms with Crippen LogP contribution >= 0.6 is 11.6 Å². The smallest absolute Gasteiger partial charge is 0.410 e. The summed E-state index contributed by atoms with van der Waals surface area (Å²) in [5.74, 6) is 0. The Kier molecular flexibility index (Phi) is 3.06. The maximum Gasteiger partial charge on any atom is 0.410 e. The van der Waals surface area contributed by atoms with Crippen molar-refractivity contribution < 1.29 is 9.53 Å². The molecule has 1 aromatic carbocycles. The highest BCUT2D eigenvalue weighted by atomic mass is 35.5. The van der Waals surface area contributed by atoms with E-state index in [0.717, 1.165) is 5.56 Å². The number of hydrogen-bond donors (Lipinski definition) is 0. The van der Waals surface area contributed by atoms with Gasteiger partial charge in [-0.2, -0.15) is 0 Å². The van der Waals surface area contributed by atoms with E-state index in [0.29, 0.717) is 11.6 Å². The van der Waals surface area contributed by atoms with Crippen molar-refractivity contribution in [3.63, 3.8) is 0 Å². The monoisotopic (exact) mass is 239 g/mol. The molecule has 1 aromatic rings. The number of cyclic esters (lactones) is 1. The Labute approximate surface area is 100.0 Å². The highest BCUT2D eigenvalue weighted by Gasteiger charge is 2.35. The molecule has 0 aromatic heterocycles. The van der Waals surface area contributed by atoms with E-state index >= 15 is 0 Å². The summed E-state index contributed by atoms with van der Waals surface area (Å²) in [4.78, 5) is 13.3. The zero-order valence-electron chi connectivity index (χ0n) is 9.31. The zero-order valence-corrected chi connectivity index (χ0v) is 10.1. The molecule has 1 amide bonds. The van der Waals surface area contributed by atoms with Gasteiger partial charge in [0.15, 0.2) is 0 Å². The van der Waals surface area contributed by atoms with Crippen molar-refractivity contribution in [2.75, 3.05) is 6.61 Å². The van der Waals surface area contributed by atoms with Crippen molar-refractivity contribution in [2.45, 2.75) is 25.9 Å². The molecule has 0 radical (unpaired) electrons. The van der Waals surface area contributed by atoms with Crippen LogP contribution in [-0.4, -0.2) is 23.6 Å². The first-order valence-corrected chi connectivity index (χ1v) is 5.68. The predicted molar refractivity (Wildman–Crippen MR) is 62.5 cm³/mol. The normalized spacial score (nSPS) is 20.4. The molecule has 0 spiro atoms. The lowest BCUT2D eigenvalue weighted by Crippen LogP contribution is -2.33. The number of nitrogens with zero attached hydrogens (tertiary/aromatic N) is 1. The van der Waals surface area contributed by atoms with Gasteiger partial charge in [-0.05, 0) is 31.5 Å². The molecular formula is C12H14ClNO2. The molecule has 1 fully saturated rings. The average Bonchev–Trinajstić information content (AvgIpc) is 2.61. The van der Waals surface area contributed by atoms with Gasteiger partial charge < -0.3 is 4.74 Å². The third kappa shape index (κ3) is 2.00. The Morgan fingerprint density at radius 1 is 1.38 bits per heavy atom. The summed E-state index contributed by atoms with van der Waals surface area (Å²) in [6, 6.07) is 7.67. The third-order valence-corrected chi connectivity index (χ3v) is 2.97. The molecule has 1 saturated heterocycles. The second kappa shape index (κ2) is 4.34. The van der Waals surface area contributed by atoms with Gasteiger partial charge in [0.1, 0.15) is 6.61 Å². The van der Waals surface area contributed by atoms with Crippen molar-refractivity contribution >= 4 is 17.7 Å². The van der Waals surface area contributed by atoms with E-state index in [9.17, 15) is 4.79 Å². The van der Waals surface area contributed by atoms with Gasteiger partial charge in [0.05, 0.1) is 6.04 Å². The predicted octanol–water partition coefficient (Wildman–Crippen LogP) is 3.24. The fourth-order valence-corrected chi connectivity index (χ4v) is 2.07. The van der Waals surface area contributed by atoms with Crippen LogP contribution in [0.3, 0.4) is 0 Å². The molecule has 0 aliphatic carbocycles. The number of amides is 1. The van der Waals surface area contributed by atoms with Gasteiger partial charge in [-0.25, -0.2) is 4.79 Å². The first kappa shape index (κ1) is 11.3. The third-order valence-electron chi connectivity index (χ3n) is 2.72. The molecule has 0 N–H and O–H groups in total. The maximum atomic E-state index is 11.5. The van der Waals surface area contributed by atoms with Crippen LogP contribution in [0.1, 0.15) is 25.5 Å². The van der Waals surface area contributed by atoms with E-state index in [1.807, 2.05) is 38.1 Å². The van der Waals surface area contributed by atoms with Crippen molar-refractivity contribution in [3.05, 3.63) is 34.9 Å². The molecule has 1 aliphatic heterocycles. The average molecular weight is 240 g/mol. The number of carbonyl (C=O) groups is 1. The molecular weight excluding hydrogens is 226 g/mol. The van der Waals surface area contributed by atoms with Gasteiger partial charge in [-0.3, -0.25) is 4.90 Å². The molecule has 86 valence electrons. The number of carbonyl (C=O) groups excluding carboxylic acids is 1. The number of halogens is 1.